The number of nitriles is 1. The average molecular weight is 257 g/mol. The molecule has 2 aromatic rings. The Labute approximate surface area is 110 Å². The molecular formula is C14H11NO4. The largest absolute Gasteiger partial charge is 0.486 e. The van der Waals surface area contributed by atoms with E-state index in [9.17, 15) is 4.79 Å². The minimum absolute atomic E-state index is 0.0896. The van der Waals surface area contributed by atoms with Crippen LogP contribution in [-0.2, 0) is 11.3 Å². The number of ether oxygens (including phenoxy) is 2. The van der Waals surface area contributed by atoms with E-state index in [0.717, 1.165) is 0 Å². The van der Waals surface area contributed by atoms with Crippen LogP contribution in [0.2, 0.25) is 0 Å². The van der Waals surface area contributed by atoms with E-state index >= 15 is 0 Å². The second kappa shape index (κ2) is 5.74. The van der Waals surface area contributed by atoms with Crippen molar-refractivity contribution in [3.63, 3.8) is 0 Å². The number of hydrogen-bond acceptors (Lipinski definition) is 5. The lowest BCUT2D eigenvalue weighted by atomic mass is 10.2. The molecule has 19 heavy (non-hydrogen) atoms. The van der Waals surface area contributed by atoms with Crippen molar-refractivity contribution < 1.29 is 18.7 Å². The second-order valence-corrected chi connectivity index (χ2v) is 3.68. The highest BCUT2D eigenvalue weighted by Crippen LogP contribution is 2.17. The second-order valence-electron chi connectivity index (χ2n) is 3.68. The number of carbonyl (C=O) groups excluding carboxylic acids is 1. The molecule has 0 bridgehead atoms. The minimum Gasteiger partial charge on any atom is -0.486 e. The summed E-state index contributed by atoms with van der Waals surface area (Å²) in [6, 6.07) is 10.3. The maximum absolute atomic E-state index is 11.4. The number of furan rings is 1. The van der Waals surface area contributed by atoms with Crippen LogP contribution in [-0.4, -0.2) is 13.1 Å². The van der Waals surface area contributed by atoms with E-state index in [1.54, 1.807) is 24.3 Å². The van der Waals surface area contributed by atoms with E-state index in [0.29, 0.717) is 22.6 Å². The fourth-order valence-electron chi connectivity index (χ4n) is 1.55. The van der Waals surface area contributed by atoms with Crippen molar-refractivity contribution in [2.45, 2.75) is 6.61 Å². The summed E-state index contributed by atoms with van der Waals surface area (Å²) in [4.78, 5) is 11.4. The van der Waals surface area contributed by atoms with Gasteiger partial charge in [0.15, 0.2) is 5.76 Å². The van der Waals surface area contributed by atoms with Crippen molar-refractivity contribution in [1.29, 1.82) is 5.26 Å². The lowest BCUT2D eigenvalue weighted by molar-refractivity contribution is 0.0595. The van der Waals surface area contributed by atoms with Crippen LogP contribution in [0, 0.1) is 11.3 Å². The van der Waals surface area contributed by atoms with Gasteiger partial charge in [-0.05, 0) is 24.3 Å². The van der Waals surface area contributed by atoms with Crippen molar-refractivity contribution in [2.24, 2.45) is 0 Å². The summed E-state index contributed by atoms with van der Waals surface area (Å²) in [5, 5.41) is 8.78. The molecule has 2 rings (SSSR count). The molecule has 1 aromatic carbocycles. The molecule has 5 nitrogen and oxygen atoms in total. The fraction of sp³-hybridized carbons (Fsp3) is 0.143. The average Bonchev–Trinajstić information content (AvgIpc) is 2.93. The lowest BCUT2D eigenvalue weighted by Gasteiger charge is -2.05. The van der Waals surface area contributed by atoms with Gasteiger partial charge in [-0.1, -0.05) is 6.07 Å². The topological polar surface area (TPSA) is 72.5 Å². The van der Waals surface area contributed by atoms with Crippen LogP contribution >= 0.6 is 0 Å². The third-order valence-corrected chi connectivity index (χ3v) is 2.48. The molecule has 0 aliphatic rings. The van der Waals surface area contributed by atoms with E-state index in [1.807, 2.05) is 6.07 Å². The molecule has 1 aromatic heterocycles. The number of methoxy groups -OCH3 is 1. The number of rotatable bonds is 4. The Morgan fingerprint density at radius 3 is 3.00 bits per heavy atom. The summed E-state index contributed by atoms with van der Waals surface area (Å²) in [6.45, 7) is 0.0896. The van der Waals surface area contributed by atoms with Gasteiger partial charge in [-0.3, -0.25) is 0 Å². The molecule has 0 fully saturated rings. The number of esters is 1. The summed E-state index contributed by atoms with van der Waals surface area (Å²) in [5.74, 6) is 0.443. The molecule has 0 saturated carbocycles. The standard InChI is InChI=1S/C14H11NO4/c1-17-14(16)12-5-6-18-13(12)9-19-11-4-2-3-10(7-11)8-15/h2-7H,9H2,1H3. The molecule has 5 heteroatoms. The Kier molecular flexibility index (Phi) is 3.84. The van der Waals surface area contributed by atoms with Crippen molar-refractivity contribution in [3.8, 4) is 11.8 Å². The van der Waals surface area contributed by atoms with Crippen molar-refractivity contribution in [2.75, 3.05) is 7.11 Å². The highest BCUT2D eigenvalue weighted by molar-refractivity contribution is 5.90. The van der Waals surface area contributed by atoms with Crippen LogP contribution in [0.3, 0.4) is 0 Å². The van der Waals surface area contributed by atoms with Crippen LogP contribution in [0.5, 0.6) is 5.75 Å². The third-order valence-electron chi connectivity index (χ3n) is 2.48. The summed E-state index contributed by atoms with van der Waals surface area (Å²) in [5.41, 5.74) is 0.837. The molecule has 0 saturated heterocycles. The zero-order valence-electron chi connectivity index (χ0n) is 10.3. The van der Waals surface area contributed by atoms with Gasteiger partial charge in [0.2, 0.25) is 0 Å². The molecule has 0 aliphatic heterocycles. The van der Waals surface area contributed by atoms with Crippen LogP contribution in [0.15, 0.2) is 41.0 Å². The summed E-state index contributed by atoms with van der Waals surface area (Å²) >= 11 is 0. The van der Waals surface area contributed by atoms with Crippen molar-refractivity contribution in [1.82, 2.24) is 0 Å². The SMILES string of the molecule is COC(=O)c1ccoc1COc1cccc(C#N)c1. The van der Waals surface area contributed by atoms with Crippen LogP contribution < -0.4 is 4.74 Å². The van der Waals surface area contributed by atoms with Gasteiger partial charge < -0.3 is 13.9 Å². The predicted octanol–water partition coefficient (Wildman–Crippen LogP) is 2.52. The molecule has 0 spiro atoms. The monoisotopic (exact) mass is 257 g/mol. The van der Waals surface area contributed by atoms with Gasteiger partial charge >= 0.3 is 5.97 Å². The maximum atomic E-state index is 11.4. The van der Waals surface area contributed by atoms with Crippen LogP contribution in [0.4, 0.5) is 0 Å². The van der Waals surface area contributed by atoms with E-state index < -0.39 is 5.97 Å². The highest BCUT2D eigenvalue weighted by Gasteiger charge is 2.15. The van der Waals surface area contributed by atoms with E-state index in [1.165, 1.54) is 19.4 Å². The summed E-state index contributed by atoms with van der Waals surface area (Å²) < 4.78 is 15.3. The molecule has 0 N–H and O–H groups in total. The van der Waals surface area contributed by atoms with Crippen molar-refractivity contribution >= 4 is 5.97 Å². The van der Waals surface area contributed by atoms with E-state index in [-0.39, 0.29) is 6.61 Å². The first kappa shape index (κ1) is 12.7. The van der Waals surface area contributed by atoms with Crippen LogP contribution in [0.1, 0.15) is 21.7 Å². The Bertz CT molecular complexity index is 624. The number of carbonyl (C=O) groups is 1. The first-order valence-corrected chi connectivity index (χ1v) is 5.52. The molecule has 0 unspecified atom stereocenters. The van der Waals surface area contributed by atoms with Crippen molar-refractivity contribution in [3.05, 3.63) is 53.5 Å². The Hall–Kier alpha value is -2.74. The van der Waals surface area contributed by atoms with E-state index in [4.69, 9.17) is 14.4 Å². The zero-order valence-corrected chi connectivity index (χ0v) is 10.3. The first-order valence-electron chi connectivity index (χ1n) is 5.52. The summed E-state index contributed by atoms with van der Waals surface area (Å²) in [6.07, 6.45) is 1.40. The quantitative estimate of drug-likeness (QED) is 0.787. The highest BCUT2D eigenvalue weighted by atomic mass is 16.5. The molecule has 1 heterocycles. The molecule has 0 atom stereocenters. The molecule has 0 aliphatic carbocycles. The molecule has 0 radical (unpaired) electrons. The Morgan fingerprint density at radius 2 is 2.26 bits per heavy atom. The Balaban J connectivity index is 2.09. The number of nitrogens with zero attached hydrogens (tertiary/aromatic N) is 1. The van der Waals surface area contributed by atoms with Gasteiger partial charge in [0.25, 0.3) is 0 Å². The smallest absolute Gasteiger partial charge is 0.341 e. The van der Waals surface area contributed by atoms with Crippen LogP contribution in [0.25, 0.3) is 0 Å². The normalized spacial score (nSPS) is 9.68. The summed E-state index contributed by atoms with van der Waals surface area (Å²) in [7, 11) is 1.30. The fourth-order valence-corrected chi connectivity index (χ4v) is 1.55. The number of hydrogen-bond donors (Lipinski definition) is 0. The molecular weight excluding hydrogens is 246 g/mol. The van der Waals surface area contributed by atoms with Gasteiger partial charge in [0, 0.05) is 0 Å². The van der Waals surface area contributed by atoms with Gasteiger partial charge in [0.05, 0.1) is 25.0 Å². The van der Waals surface area contributed by atoms with Gasteiger partial charge in [-0.2, -0.15) is 5.26 Å². The molecule has 0 amide bonds. The maximum Gasteiger partial charge on any atom is 0.341 e. The predicted molar refractivity (Wildman–Crippen MR) is 65.5 cm³/mol. The molecule has 96 valence electrons. The first-order chi connectivity index (χ1) is 9.24. The van der Waals surface area contributed by atoms with Gasteiger partial charge in [0.1, 0.15) is 17.9 Å². The van der Waals surface area contributed by atoms with E-state index in [2.05, 4.69) is 4.74 Å². The lowest BCUT2D eigenvalue weighted by Crippen LogP contribution is -2.05. The minimum atomic E-state index is -0.474. The number of benzene rings is 1. The zero-order chi connectivity index (χ0) is 13.7. The van der Waals surface area contributed by atoms with Gasteiger partial charge in [-0.15, -0.1) is 0 Å². The van der Waals surface area contributed by atoms with Gasteiger partial charge in [-0.25, -0.2) is 4.79 Å². The Morgan fingerprint density at radius 1 is 1.42 bits per heavy atom. The third kappa shape index (κ3) is 2.93.